The van der Waals surface area contributed by atoms with Gasteiger partial charge in [0, 0.05) is 6.42 Å². The average molecular weight is 196 g/mol. The number of methoxy groups -OCH3 is 1. The lowest BCUT2D eigenvalue weighted by Gasteiger charge is -2.04. The van der Waals surface area contributed by atoms with Gasteiger partial charge < -0.3 is 4.74 Å². The first kappa shape index (κ1) is 10.7. The third kappa shape index (κ3) is 2.83. The highest BCUT2D eigenvalue weighted by Gasteiger charge is 2.04. The molecule has 2 nitrogen and oxygen atoms in total. The fourth-order valence-electron chi connectivity index (χ4n) is 1.25. The molecule has 0 aliphatic carbocycles. The van der Waals surface area contributed by atoms with Gasteiger partial charge in [-0.2, -0.15) is 0 Å². The van der Waals surface area contributed by atoms with Crippen LogP contribution >= 0.6 is 0 Å². The molecular weight excluding hydrogens is 183 g/mol. The molecule has 0 aromatic heterocycles. The van der Waals surface area contributed by atoms with Crippen molar-refractivity contribution in [2.45, 2.75) is 19.8 Å². The highest BCUT2D eigenvalue weighted by Crippen LogP contribution is 2.12. The molecule has 0 radical (unpaired) electrons. The summed E-state index contributed by atoms with van der Waals surface area (Å²) in [4.78, 5) is 10.9. The highest BCUT2D eigenvalue weighted by molar-refractivity contribution is 5.69. The summed E-state index contributed by atoms with van der Waals surface area (Å²) in [6.07, 6.45) is 0.817. The summed E-state index contributed by atoms with van der Waals surface area (Å²) in [5.74, 6) is -0.538. The maximum absolute atomic E-state index is 12.8. The van der Waals surface area contributed by atoms with E-state index in [0.29, 0.717) is 12.8 Å². The highest BCUT2D eigenvalue weighted by atomic mass is 19.1. The Labute approximate surface area is 82.7 Å². The van der Waals surface area contributed by atoms with Gasteiger partial charge in [0.1, 0.15) is 5.82 Å². The van der Waals surface area contributed by atoms with Gasteiger partial charge in [-0.15, -0.1) is 0 Å². The molecule has 14 heavy (non-hydrogen) atoms. The molecule has 0 heterocycles. The zero-order valence-electron chi connectivity index (χ0n) is 8.34. The van der Waals surface area contributed by atoms with Crippen molar-refractivity contribution in [1.29, 1.82) is 0 Å². The zero-order valence-corrected chi connectivity index (χ0v) is 8.34. The number of rotatable bonds is 3. The molecule has 3 heteroatoms. The Morgan fingerprint density at radius 1 is 1.50 bits per heavy atom. The monoisotopic (exact) mass is 196 g/mol. The summed E-state index contributed by atoms with van der Waals surface area (Å²) >= 11 is 0. The van der Waals surface area contributed by atoms with Gasteiger partial charge in [-0.05, 0) is 36.6 Å². The zero-order chi connectivity index (χ0) is 10.6. The Bertz CT molecular complexity index is 334. The van der Waals surface area contributed by atoms with Crippen molar-refractivity contribution in [3.8, 4) is 0 Å². The summed E-state index contributed by atoms with van der Waals surface area (Å²) in [5, 5.41) is 0. The molecule has 0 aliphatic rings. The van der Waals surface area contributed by atoms with Gasteiger partial charge in [-0.3, -0.25) is 4.79 Å². The van der Waals surface area contributed by atoms with Crippen LogP contribution < -0.4 is 0 Å². The molecule has 76 valence electrons. The predicted molar refractivity (Wildman–Crippen MR) is 51.5 cm³/mol. The van der Waals surface area contributed by atoms with Crippen LogP contribution in [0.25, 0.3) is 0 Å². The second kappa shape index (κ2) is 4.74. The second-order valence-corrected chi connectivity index (χ2v) is 3.15. The van der Waals surface area contributed by atoms with Gasteiger partial charge in [0.2, 0.25) is 0 Å². The standard InChI is InChI=1S/C11H13FO2/c1-8-3-5-10(12)7-9(8)4-6-11(13)14-2/h3,5,7H,4,6H2,1-2H3. The van der Waals surface area contributed by atoms with E-state index in [2.05, 4.69) is 4.74 Å². The molecule has 0 amide bonds. The van der Waals surface area contributed by atoms with Gasteiger partial charge in [0.15, 0.2) is 0 Å². The topological polar surface area (TPSA) is 26.3 Å². The lowest BCUT2D eigenvalue weighted by Crippen LogP contribution is -2.03. The van der Waals surface area contributed by atoms with Crippen LogP contribution in [0.1, 0.15) is 17.5 Å². The summed E-state index contributed by atoms with van der Waals surface area (Å²) in [6.45, 7) is 1.89. The Morgan fingerprint density at radius 3 is 2.86 bits per heavy atom. The normalized spacial score (nSPS) is 9.93. The lowest BCUT2D eigenvalue weighted by molar-refractivity contribution is -0.140. The van der Waals surface area contributed by atoms with E-state index in [1.54, 1.807) is 6.07 Å². The maximum atomic E-state index is 12.8. The van der Waals surface area contributed by atoms with E-state index in [-0.39, 0.29) is 11.8 Å². The SMILES string of the molecule is COC(=O)CCc1cc(F)ccc1C. The Kier molecular flexibility index (Phi) is 3.63. The first-order valence-corrected chi connectivity index (χ1v) is 4.45. The minimum atomic E-state index is -0.270. The van der Waals surface area contributed by atoms with Crippen LogP contribution in [-0.2, 0) is 16.0 Å². The number of carbonyl (C=O) groups excluding carboxylic acids is 1. The number of aryl methyl sites for hydroxylation is 2. The number of ether oxygens (including phenoxy) is 1. The molecule has 1 rings (SSSR count). The lowest BCUT2D eigenvalue weighted by atomic mass is 10.0. The molecule has 0 atom stereocenters. The van der Waals surface area contributed by atoms with Crippen LogP contribution in [0.4, 0.5) is 4.39 Å². The van der Waals surface area contributed by atoms with Gasteiger partial charge in [-0.25, -0.2) is 4.39 Å². The first-order valence-electron chi connectivity index (χ1n) is 4.45. The molecule has 1 aromatic rings. The van der Waals surface area contributed by atoms with Crippen LogP contribution in [-0.4, -0.2) is 13.1 Å². The van der Waals surface area contributed by atoms with Crippen LogP contribution in [0.2, 0.25) is 0 Å². The van der Waals surface area contributed by atoms with E-state index in [9.17, 15) is 9.18 Å². The minimum absolute atomic E-state index is 0.268. The third-order valence-corrected chi connectivity index (χ3v) is 2.14. The molecule has 0 aliphatic heterocycles. The number of hydrogen-bond donors (Lipinski definition) is 0. The van der Waals surface area contributed by atoms with E-state index in [1.165, 1.54) is 19.2 Å². The number of carbonyl (C=O) groups is 1. The molecule has 0 bridgehead atoms. The van der Waals surface area contributed by atoms with E-state index in [4.69, 9.17) is 0 Å². The predicted octanol–water partition coefficient (Wildman–Crippen LogP) is 2.24. The molecule has 0 saturated carbocycles. The molecule has 0 spiro atoms. The van der Waals surface area contributed by atoms with Crippen molar-refractivity contribution < 1.29 is 13.9 Å². The van der Waals surface area contributed by atoms with Crippen LogP contribution in [0.3, 0.4) is 0 Å². The van der Waals surface area contributed by atoms with Crippen LogP contribution in [0.5, 0.6) is 0 Å². The number of benzene rings is 1. The summed E-state index contributed by atoms with van der Waals surface area (Å²) in [6, 6.07) is 4.58. The van der Waals surface area contributed by atoms with E-state index in [1.807, 2.05) is 6.92 Å². The van der Waals surface area contributed by atoms with E-state index in [0.717, 1.165) is 11.1 Å². The maximum Gasteiger partial charge on any atom is 0.305 e. The molecular formula is C11H13FO2. The van der Waals surface area contributed by atoms with E-state index < -0.39 is 0 Å². The third-order valence-electron chi connectivity index (χ3n) is 2.14. The van der Waals surface area contributed by atoms with Crippen molar-refractivity contribution >= 4 is 5.97 Å². The van der Waals surface area contributed by atoms with E-state index >= 15 is 0 Å². The second-order valence-electron chi connectivity index (χ2n) is 3.15. The fourth-order valence-corrected chi connectivity index (χ4v) is 1.25. The number of halogens is 1. The van der Waals surface area contributed by atoms with Crippen LogP contribution in [0.15, 0.2) is 18.2 Å². The molecule has 0 fully saturated rings. The number of esters is 1. The Hall–Kier alpha value is -1.38. The summed E-state index contributed by atoms with van der Waals surface area (Å²) in [7, 11) is 1.35. The smallest absolute Gasteiger partial charge is 0.305 e. The first-order chi connectivity index (χ1) is 6.63. The van der Waals surface area contributed by atoms with Crippen LogP contribution in [0, 0.1) is 12.7 Å². The van der Waals surface area contributed by atoms with Gasteiger partial charge in [0.05, 0.1) is 7.11 Å². The van der Waals surface area contributed by atoms with Crippen molar-refractivity contribution in [3.05, 3.63) is 35.1 Å². The fraction of sp³-hybridized carbons (Fsp3) is 0.364. The molecule has 0 saturated heterocycles. The quantitative estimate of drug-likeness (QED) is 0.693. The number of hydrogen-bond acceptors (Lipinski definition) is 2. The largest absolute Gasteiger partial charge is 0.469 e. The summed E-state index contributed by atoms with van der Waals surface area (Å²) in [5.41, 5.74) is 1.85. The molecule has 1 aromatic carbocycles. The Morgan fingerprint density at radius 2 is 2.21 bits per heavy atom. The van der Waals surface area contributed by atoms with Gasteiger partial charge in [0.25, 0.3) is 0 Å². The van der Waals surface area contributed by atoms with Gasteiger partial charge in [-0.1, -0.05) is 6.07 Å². The molecule has 0 unspecified atom stereocenters. The van der Waals surface area contributed by atoms with Gasteiger partial charge >= 0.3 is 5.97 Å². The van der Waals surface area contributed by atoms with Crippen molar-refractivity contribution in [2.75, 3.05) is 7.11 Å². The summed E-state index contributed by atoms with van der Waals surface area (Å²) < 4.78 is 17.3. The minimum Gasteiger partial charge on any atom is -0.469 e. The Balaban J connectivity index is 2.66. The molecule has 0 N–H and O–H groups in total. The van der Waals surface area contributed by atoms with Crippen molar-refractivity contribution in [1.82, 2.24) is 0 Å². The van der Waals surface area contributed by atoms with Crippen molar-refractivity contribution in [3.63, 3.8) is 0 Å². The van der Waals surface area contributed by atoms with Crippen molar-refractivity contribution in [2.24, 2.45) is 0 Å². The average Bonchev–Trinajstić information content (AvgIpc) is 2.19.